The number of rotatable bonds is 11. The molecule has 2 amide bonds. The minimum absolute atomic E-state index is 0.0140. The Labute approximate surface area is 305 Å². The van der Waals surface area contributed by atoms with Crippen molar-refractivity contribution in [3.63, 3.8) is 0 Å². The Morgan fingerprint density at radius 3 is 2.33 bits per heavy atom. The molecule has 9 heteroatoms. The highest BCUT2D eigenvalue weighted by atomic mass is 127. The summed E-state index contributed by atoms with van der Waals surface area (Å²) in [6, 6.07) is 0. The fraction of sp³-hybridized carbons (Fsp3) is 0.897. The van der Waals surface area contributed by atoms with Crippen LogP contribution in [0.3, 0.4) is 0 Å². The summed E-state index contributed by atoms with van der Waals surface area (Å²) < 4.78 is 13.9. The maximum atomic E-state index is 15.1. The Morgan fingerprint density at radius 2 is 1.67 bits per heavy atom. The van der Waals surface area contributed by atoms with Crippen molar-refractivity contribution >= 4 is 42.5 Å². The Morgan fingerprint density at radius 1 is 0.979 bits per heavy atom. The van der Waals surface area contributed by atoms with Gasteiger partial charge in [0, 0.05) is 42.3 Å². The number of carbonyl (C=O) groups is 2. The summed E-state index contributed by atoms with van der Waals surface area (Å²) >= 11 is 2.60. The molecular weight excluding hydrogens is 731 g/mol. The molecule has 0 unspecified atom stereocenters. The van der Waals surface area contributed by atoms with Crippen LogP contribution in [0.15, 0.2) is 11.3 Å². The smallest absolute Gasteiger partial charge is 0.263 e. The van der Waals surface area contributed by atoms with Gasteiger partial charge < -0.3 is 24.4 Å². The fourth-order valence-electron chi connectivity index (χ4n) is 11.4. The average molecular weight is 797 g/mol. The molecule has 272 valence electrons. The van der Waals surface area contributed by atoms with E-state index in [9.17, 15) is 9.90 Å². The number of fused-ring (bicyclic) bond motifs is 1. The minimum Gasteiger partial charge on any atom is -0.395 e. The van der Waals surface area contributed by atoms with E-state index in [1.54, 1.807) is 0 Å². The molecule has 0 aromatic heterocycles. The highest BCUT2D eigenvalue weighted by Gasteiger charge is 2.67. The summed E-state index contributed by atoms with van der Waals surface area (Å²) in [7, 11) is -0.202. The van der Waals surface area contributed by atoms with Crippen molar-refractivity contribution in [3.8, 4) is 0 Å². The molecule has 6 rings (SSSR count). The first-order chi connectivity index (χ1) is 23.1. The lowest BCUT2D eigenvalue weighted by Gasteiger charge is -2.45. The molecule has 0 aromatic rings. The van der Waals surface area contributed by atoms with Crippen molar-refractivity contribution in [3.05, 3.63) is 11.3 Å². The van der Waals surface area contributed by atoms with Gasteiger partial charge in [0.25, 0.3) is 5.91 Å². The molecule has 0 radical (unpaired) electrons. The van der Waals surface area contributed by atoms with Crippen molar-refractivity contribution in [2.24, 2.45) is 17.8 Å². The lowest BCUT2D eigenvalue weighted by atomic mass is 9.78. The highest BCUT2D eigenvalue weighted by molar-refractivity contribution is 14.1. The zero-order valence-electron chi connectivity index (χ0n) is 30.5. The SMILES string of the molecule is COC1CCC([Si](C)(C)[C@@H]2[C@@H](CC(=O)N(CCO)CC3CCCCC3)O[C@]3(C(=O)N(CC4CCC(I)CC4)C4=C3CCCC4)[C@H]2C)CC1. The molecule has 2 aliphatic heterocycles. The summed E-state index contributed by atoms with van der Waals surface area (Å²) in [6.45, 7) is 9.38. The van der Waals surface area contributed by atoms with Crippen LogP contribution in [0.2, 0.25) is 24.2 Å². The molecule has 4 fully saturated rings. The second-order valence-corrected chi connectivity index (χ2v) is 24.1. The number of carbonyl (C=O) groups excluding carboxylic acids is 2. The summed E-state index contributed by atoms with van der Waals surface area (Å²) in [5.74, 6) is 1.43. The largest absolute Gasteiger partial charge is 0.395 e. The maximum absolute atomic E-state index is 15.1. The second kappa shape index (κ2) is 16.0. The molecule has 4 aliphatic carbocycles. The molecular formula is C39H65IN2O5Si. The average Bonchev–Trinajstić information content (AvgIpc) is 3.52. The number of allylic oxidation sites excluding steroid dienone is 1. The van der Waals surface area contributed by atoms with E-state index in [4.69, 9.17) is 9.47 Å². The third-order valence-electron chi connectivity index (χ3n) is 14.1. The van der Waals surface area contributed by atoms with E-state index in [0.29, 0.717) is 36.4 Å². The predicted molar refractivity (Wildman–Crippen MR) is 203 cm³/mol. The number of hydrogen-bond donors (Lipinski definition) is 1. The number of nitrogens with zero attached hydrogens (tertiary/aromatic N) is 2. The van der Waals surface area contributed by atoms with Gasteiger partial charge in [0.1, 0.15) is 0 Å². The predicted octanol–water partition coefficient (Wildman–Crippen LogP) is 8.25. The number of hydrogen-bond acceptors (Lipinski definition) is 5. The van der Waals surface area contributed by atoms with Crippen LogP contribution in [0.4, 0.5) is 0 Å². The summed E-state index contributed by atoms with van der Waals surface area (Å²) in [5, 5.41) is 10.0. The standard InChI is InChI=1S/C39H65IN2O5Si/c1-27-37(48(3,4)32-20-18-31(46-2)19-21-32)35(24-36(44)41(22-23-43)25-28-10-6-5-7-11-28)47-39(27)33-12-8-9-13-34(33)42(38(39)45)26-29-14-16-30(40)17-15-29/h27-32,35,37,43H,5-26H2,1-4H3/t27-,29?,30?,31?,32?,35+,37-,39+/m0/s1. The molecule has 48 heavy (non-hydrogen) atoms. The number of aliphatic hydroxyl groups is 1. The van der Waals surface area contributed by atoms with Crippen molar-refractivity contribution < 1.29 is 24.2 Å². The van der Waals surface area contributed by atoms with Crippen LogP contribution >= 0.6 is 22.6 Å². The van der Waals surface area contributed by atoms with Gasteiger partial charge >= 0.3 is 0 Å². The lowest BCUT2D eigenvalue weighted by molar-refractivity contribution is -0.152. The van der Waals surface area contributed by atoms with Gasteiger partial charge in [-0.05, 0) is 106 Å². The zero-order valence-corrected chi connectivity index (χ0v) is 33.7. The van der Waals surface area contributed by atoms with Gasteiger partial charge in [0.15, 0.2) is 5.60 Å². The quantitative estimate of drug-likeness (QED) is 0.130. The van der Waals surface area contributed by atoms with Gasteiger partial charge in [-0.1, -0.05) is 74.7 Å². The highest BCUT2D eigenvalue weighted by Crippen LogP contribution is 2.61. The topological polar surface area (TPSA) is 79.3 Å². The number of aliphatic hydroxyl groups excluding tert-OH is 1. The number of ether oxygens (including phenoxy) is 2. The Kier molecular flexibility index (Phi) is 12.4. The minimum atomic E-state index is -2.05. The third kappa shape index (κ3) is 7.38. The molecule has 7 nitrogen and oxygen atoms in total. The zero-order chi connectivity index (χ0) is 34.1. The van der Waals surface area contributed by atoms with Crippen molar-refractivity contribution in [1.82, 2.24) is 9.80 Å². The van der Waals surface area contributed by atoms with Crippen LogP contribution in [0.5, 0.6) is 0 Å². The summed E-state index contributed by atoms with van der Waals surface area (Å²) in [6.07, 6.45) is 20.1. The fourth-order valence-corrected chi connectivity index (χ4v) is 17.2. The number of alkyl halides is 1. The maximum Gasteiger partial charge on any atom is 0.263 e. The second-order valence-electron chi connectivity index (χ2n) is 17.2. The lowest BCUT2D eigenvalue weighted by Crippen LogP contribution is -2.50. The third-order valence-corrected chi connectivity index (χ3v) is 20.6. The molecule has 4 atom stereocenters. The Balaban J connectivity index is 1.31. The first kappa shape index (κ1) is 37.3. The first-order valence-electron chi connectivity index (χ1n) is 19.9. The van der Waals surface area contributed by atoms with Crippen LogP contribution in [-0.4, -0.2) is 89.9 Å². The van der Waals surface area contributed by atoms with E-state index >= 15 is 4.79 Å². The van der Waals surface area contributed by atoms with Gasteiger partial charge in [-0.2, -0.15) is 0 Å². The van der Waals surface area contributed by atoms with E-state index in [1.807, 2.05) is 12.0 Å². The van der Waals surface area contributed by atoms with Gasteiger partial charge in [-0.25, -0.2) is 0 Å². The van der Waals surface area contributed by atoms with E-state index in [1.165, 1.54) is 81.9 Å². The van der Waals surface area contributed by atoms with Crippen LogP contribution in [0, 0.1) is 17.8 Å². The monoisotopic (exact) mass is 796 g/mol. The van der Waals surface area contributed by atoms with Crippen LogP contribution < -0.4 is 0 Å². The van der Waals surface area contributed by atoms with E-state index in [0.717, 1.165) is 55.5 Å². The van der Waals surface area contributed by atoms with E-state index in [2.05, 4.69) is 47.5 Å². The molecule has 6 aliphatic rings. The van der Waals surface area contributed by atoms with Gasteiger partial charge in [-0.15, -0.1) is 0 Å². The molecule has 1 N–H and O–H groups in total. The Bertz CT molecular complexity index is 1160. The normalized spacial score (nSPS) is 36.6. The molecule has 1 spiro atoms. The van der Waals surface area contributed by atoms with Crippen molar-refractivity contribution in [1.29, 1.82) is 0 Å². The van der Waals surface area contributed by atoms with Gasteiger partial charge in [0.05, 0.1) is 33.3 Å². The first-order valence-corrected chi connectivity index (χ1v) is 24.3. The molecule has 0 aromatic carbocycles. The summed E-state index contributed by atoms with van der Waals surface area (Å²) in [5.41, 5.74) is 2.46. The van der Waals surface area contributed by atoms with Crippen LogP contribution in [0.1, 0.15) is 122 Å². The van der Waals surface area contributed by atoms with Gasteiger partial charge in [0.2, 0.25) is 5.91 Å². The molecule has 2 heterocycles. The Hall–Kier alpha value is -0.493. The number of amides is 2. The molecule has 3 saturated carbocycles. The molecule has 0 bridgehead atoms. The van der Waals surface area contributed by atoms with E-state index in [-0.39, 0.29) is 36.0 Å². The van der Waals surface area contributed by atoms with Crippen LogP contribution in [0.25, 0.3) is 0 Å². The van der Waals surface area contributed by atoms with Crippen molar-refractivity contribution in [2.75, 3.05) is 33.4 Å². The van der Waals surface area contributed by atoms with Crippen LogP contribution in [-0.2, 0) is 19.1 Å². The van der Waals surface area contributed by atoms with Gasteiger partial charge in [-0.3, -0.25) is 9.59 Å². The summed E-state index contributed by atoms with van der Waals surface area (Å²) in [4.78, 5) is 33.6. The number of halogens is 1. The van der Waals surface area contributed by atoms with Crippen molar-refractivity contribution in [2.45, 2.75) is 168 Å². The number of methoxy groups -OCH3 is 1. The molecule has 1 saturated heterocycles. The van der Waals surface area contributed by atoms with E-state index < -0.39 is 13.7 Å².